The van der Waals surface area contributed by atoms with Crippen molar-refractivity contribution in [3.8, 4) is 23.0 Å². The van der Waals surface area contributed by atoms with Crippen LogP contribution in [0.5, 0.6) is 23.0 Å². The Bertz CT molecular complexity index is 1210. The van der Waals surface area contributed by atoms with Gasteiger partial charge in [-0.25, -0.2) is 4.58 Å². The number of Topliss-reactive ketones (excluding diaryl/α,β-unsaturated/α-hetero) is 1. The minimum Gasteiger partial charge on any atom is -1.00 e. The third kappa shape index (κ3) is 5.19. The van der Waals surface area contributed by atoms with Gasteiger partial charge in [0, 0.05) is 12.0 Å². The summed E-state index contributed by atoms with van der Waals surface area (Å²) in [7, 11) is 6.68. The largest absolute Gasteiger partial charge is 1.00 e. The van der Waals surface area contributed by atoms with Crippen molar-refractivity contribution in [2.75, 3.05) is 34.9 Å². The molecule has 0 N–H and O–H groups in total. The number of nitrogens with zero attached hydrogens (tertiary/aromatic N) is 1. The number of carbonyl (C=O) groups excluding carboxylic acids is 1. The second kappa shape index (κ2) is 11.4. The van der Waals surface area contributed by atoms with Crippen molar-refractivity contribution in [2.24, 2.45) is 0 Å². The smallest absolute Gasteiger partial charge is 0.257 e. The normalized spacial score (nSPS) is 12.4. The Hall–Kier alpha value is -3.07. The van der Waals surface area contributed by atoms with Gasteiger partial charge in [0.05, 0.1) is 26.9 Å². The zero-order chi connectivity index (χ0) is 23.4. The number of benzene rings is 3. The Morgan fingerprint density at radius 1 is 0.853 bits per heavy atom. The van der Waals surface area contributed by atoms with Crippen molar-refractivity contribution in [1.29, 1.82) is 0 Å². The summed E-state index contributed by atoms with van der Waals surface area (Å²) >= 11 is 0. The third-order valence-corrected chi connectivity index (χ3v) is 5.84. The number of carbonyl (C=O) groups is 1. The molecule has 0 unspecified atom stereocenters. The molecule has 0 spiro atoms. The minimum atomic E-state index is -0.0839. The van der Waals surface area contributed by atoms with Gasteiger partial charge in [0.2, 0.25) is 0 Å². The fourth-order valence-corrected chi connectivity index (χ4v) is 4.05. The number of hydrogen-bond donors (Lipinski definition) is 0. The van der Waals surface area contributed by atoms with E-state index in [1.54, 1.807) is 39.5 Å². The molecule has 0 radical (unpaired) electrons. The first-order valence-electron chi connectivity index (χ1n) is 10.8. The molecule has 0 saturated carbocycles. The summed E-state index contributed by atoms with van der Waals surface area (Å²) in [5.74, 6) is 2.28. The quantitative estimate of drug-likeness (QED) is 0.230. The average molecular weight is 573 g/mol. The van der Waals surface area contributed by atoms with Crippen LogP contribution >= 0.6 is 0 Å². The molecule has 34 heavy (non-hydrogen) atoms. The Balaban J connectivity index is 0.00000324. The first-order chi connectivity index (χ1) is 16.0. The molecule has 0 bridgehead atoms. The molecule has 1 aliphatic heterocycles. The van der Waals surface area contributed by atoms with E-state index in [-0.39, 0.29) is 29.8 Å². The first-order valence-corrected chi connectivity index (χ1v) is 10.8. The van der Waals surface area contributed by atoms with Crippen LogP contribution in [0.25, 0.3) is 0 Å². The molecule has 0 amide bonds. The van der Waals surface area contributed by atoms with Gasteiger partial charge in [-0.3, -0.25) is 4.79 Å². The van der Waals surface area contributed by atoms with Crippen LogP contribution in [0.4, 0.5) is 0 Å². The number of likely N-dealkylation sites (N-methyl/N-ethyl adjacent to an activating group) is 1. The van der Waals surface area contributed by atoms with Crippen LogP contribution in [-0.2, 0) is 13.0 Å². The van der Waals surface area contributed by atoms with Gasteiger partial charge in [-0.2, -0.15) is 0 Å². The fourth-order valence-electron chi connectivity index (χ4n) is 4.05. The van der Waals surface area contributed by atoms with Gasteiger partial charge in [0.25, 0.3) is 11.5 Å². The lowest BCUT2D eigenvalue weighted by Crippen LogP contribution is -3.00. The predicted octanol–water partition coefficient (Wildman–Crippen LogP) is 1.17. The van der Waals surface area contributed by atoms with E-state index in [4.69, 9.17) is 18.9 Å². The van der Waals surface area contributed by atoms with Crippen LogP contribution in [-0.4, -0.2) is 51.0 Å². The zero-order valence-corrected chi connectivity index (χ0v) is 21.9. The average Bonchev–Trinajstić information content (AvgIpc) is 2.86. The van der Waals surface area contributed by atoms with E-state index in [0.717, 1.165) is 29.7 Å². The number of methoxy groups -OCH3 is 3. The summed E-state index contributed by atoms with van der Waals surface area (Å²) in [5, 5.41) is 0. The van der Waals surface area contributed by atoms with Crippen molar-refractivity contribution in [2.45, 2.75) is 13.0 Å². The molecule has 1 heterocycles. The highest BCUT2D eigenvalue weighted by atomic mass is 127. The van der Waals surface area contributed by atoms with Gasteiger partial charge < -0.3 is 42.9 Å². The van der Waals surface area contributed by atoms with Crippen LogP contribution in [0.1, 0.15) is 27.0 Å². The molecule has 0 atom stereocenters. The lowest BCUT2D eigenvalue weighted by atomic mass is 9.91. The Kier molecular flexibility index (Phi) is 8.55. The standard InChI is InChI=1S/C27H28NO5.HI/c1-28-13-12-19-14-25(33-17-18-8-6-5-7-9-18)24(32-4)16-21(19)26(28)27(29)20-10-11-22(30-2)23(15-20)31-3;/h5-11,14-16H,12-13,17H2,1-4H3;1H/q+1;/p-1. The monoisotopic (exact) mass is 573 g/mol. The van der Waals surface area contributed by atoms with Crippen molar-refractivity contribution < 1.29 is 52.3 Å². The van der Waals surface area contributed by atoms with E-state index in [9.17, 15) is 4.79 Å². The highest BCUT2D eigenvalue weighted by Gasteiger charge is 2.32. The summed E-state index contributed by atoms with van der Waals surface area (Å²) in [4.78, 5) is 13.6. The number of rotatable bonds is 8. The third-order valence-electron chi connectivity index (χ3n) is 5.84. The van der Waals surface area contributed by atoms with Crippen LogP contribution < -0.4 is 42.9 Å². The van der Waals surface area contributed by atoms with E-state index in [1.807, 2.05) is 54.1 Å². The lowest BCUT2D eigenvalue weighted by molar-refractivity contribution is -0.496. The lowest BCUT2D eigenvalue weighted by Gasteiger charge is -2.19. The molecule has 7 heteroatoms. The molecule has 4 rings (SSSR count). The van der Waals surface area contributed by atoms with Crippen LogP contribution in [0.15, 0.2) is 60.7 Å². The highest BCUT2D eigenvalue weighted by molar-refractivity contribution is 6.50. The van der Waals surface area contributed by atoms with Gasteiger partial charge >= 0.3 is 0 Å². The second-order valence-electron chi connectivity index (χ2n) is 7.85. The van der Waals surface area contributed by atoms with E-state index < -0.39 is 0 Å². The fraction of sp³-hybridized carbons (Fsp3) is 0.259. The summed E-state index contributed by atoms with van der Waals surface area (Å²) in [6, 6.07) is 19.1. The summed E-state index contributed by atoms with van der Waals surface area (Å²) < 4.78 is 24.4. The Morgan fingerprint density at radius 3 is 2.21 bits per heavy atom. The van der Waals surface area contributed by atoms with Crippen LogP contribution in [0.3, 0.4) is 0 Å². The van der Waals surface area contributed by atoms with Crippen molar-refractivity contribution >= 4 is 11.5 Å². The summed E-state index contributed by atoms with van der Waals surface area (Å²) in [6.07, 6.45) is 0.806. The number of ketones is 1. The minimum absolute atomic E-state index is 0. The molecular formula is C27H28INO5. The first kappa shape index (κ1) is 25.6. The van der Waals surface area contributed by atoms with Gasteiger partial charge in [-0.05, 0) is 41.5 Å². The summed E-state index contributed by atoms with van der Waals surface area (Å²) in [5.41, 5.74) is 4.14. The van der Waals surface area contributed by atoms with Crippen LogP contribution in [0.2, 0.25) is 0 Å². The number of ether oxygens (including phenoxy) is 4. The van der Waals surface area contributed by atoms with Crippen LogP contribution in [0, 0.1) is 0 Å². The maximum absolute atomic E-state index is 13.6. The number of hydrogen-bond acceptors (Lipinski definition) is 5. The molecule has 1 aliphatic rings. The molecule has 178 valence electrons. The van der Waals surface area contributed by atoms with E-state index in [0.29, 0.717) is 40.9 Å². The van der Waals surface area contributed by atoms with E-state index >= 15 is 0 Å². The zero-order valence-electron chi connectivity index (χ0n) is 19.8. The molecular weight excluding hydrogens is 545 g/mol. The van der Waals surface area contributed by atoms with E-state index in [2.05, 4.69) is 0 Å². The van der Waals surface area contributed by atoms with Gasteiger partial charge in [-0.1, -0.05) is 30.3 Å². The molecule has 0 saturated heterocycles. The molecule has 0 aromatic heterocycles. The Labute approximate surface area is 217 Å². The molecule has 0 fully saturated rings. The molecule has 0 aliphatic carbocycles. The number of halogens is 1. The molecule has 3 aromatic rings. The summed E-state index contributed by atoms with van der Waals surface area (Å²) in [6.45, 7) is 1.17. The highest BCUT2D eigenvalue weighted by Crippen LogP contribution is 2.34. The maximum atomic E-state index is 13.6. The van der Waals surface area contributed by atoms with Crippen molar-refractivity contribution in [3.05, 3.63) is 82.9 Å². The van der Waals surface area contributed by atoms with Gasteiger partial charge in [-0.15, -0.1) is 0 Å². The van der Waals surface area contributed by atoms with Crippen molar-refractivity contribution in [1.82, 2.24) is 0 Å². The topological polar surface area (TPSA) is 57.0 Å². The van der Waals surface area contributed by atoms with Gasteiger partial charge in [0.1, 0.15) is 20.2 Å². The SMILES string of the molecule is COc1ccc(C(=O)C2=[N+](C)CCc3cc(OCc4ccccc4)c(OC)cc32)cc1OC.[I-]. The second-order valence-corrected chi connectivity index (χ2v) is 7.85. The van der Waals surface area contributed by atoms with E-state index in [1.165, 1.54) is 0 Å². The maximum Gasteiger partial charge on any atom is 0.257 e. The van der Waals surface area contributed by atoms with Gasteiger partial charge in [0.15, 0.2) is 23.0 Å². The number of fused-ring (bicyclic) bond motifs is 1. The Morgan fingerprint density at radius 2 is 1.53 bits per heavy atom. The predicted molar refractivity (Wildman–Crippen MR) is 127 cm³/mol. The molecule has 6 nitrogen and oxygen atoms in total. The molecule has 3 aromatic carbocycles. The van der Waals surface area contributed by atoms with Crippen molar-refractivity contribution in [3.63, 3.8) is 0 Å².